The summed E-state index contributed by atoms with van der Waals surface area (Å²) in [5.41, 5.74) is 14.7. The van der Waals surface area contributed by atoms with E-state index in [0.717, 1.165) is 89.4 Å². The number of carbonyl (C=O) groups excluding carboxylic acids is 2. The van der Waals surface area contributed by atoms with Crippen LogP contribution in [0.25, 0.3) is 56.5 Å². The quantitative estimate of drug-likeness (QED) is 0.200. The molecule has 2 N–H and O–H groups in total. The molecule has 0 fully saturated rings. The molecule has 0 aliphatic carbocycles. The number of ether oxygens (including phenoxy) is 2. The first-order valence-corrected chi connectivity index (χ1v) is 14.6. The SMILES string of the molecule is C=Cc1c(C)c2cc3[nH]c(cc4nc(cc5nc(cc1[nH]2)C(C)=C5CCC(=O)OC)C(CCC(=O)OC)=C4C)c(C)c3C=C.[Mg+2]. The molecule has 0 saturated carbocycles. The molecule has 0 unspecified atom stereocenters. The Morgan fingerprint density at radius 2 is 1.07 bits per heavy atom. The van der Waals surface area contributed by atoms with Crippen LogP contribution in [0, 0.1) is 13.8 Å². The zero-order valence-corrected chi connectivity index (χ0v) is 28.4. The number of nitrogens with zero attached hydrogens (tertiary/aromatic N) is 2. The van der Waals surface area contributed by atoms with Crippen molar-refractivity contribution in [2.45, 2.75) is 53.4 Å². The molecule has 0 amide bonds. The Balaban J connectivity index is 0.00000461. The second-order valence-corrected chi connectivity index (χ2v) is 11.1. The van der Waals surface area contributed by atoms with Gasteiger partial charge in [-0.05, 0) is 98.2 Å². The maximum absolute atomic E-state index is 12.2. The smallest absolute Gasteiger partial charge is 0.469 e. The predicted octanol–water partition coefficient (Wildman–Crippen LogP) is 7.60. The number of aryl methyl sites for hydroxylation is 2. The minimum Gasteiger partial charge on any atom is -0.469 e. The summed E-state index contributed by atoms with van der Waals surface area (Å²) in [6, 6.07) is 8.14. The van der Waals surface area contributed by atoms with Gasteiger partial charge in [0.1, 0.15) is 0 Å². The van der Waals surface area contributed by atoms with Crippen LogP contribution in [0.4, 0.5) is 0 Å². The minimum absolute atomic E-state index is 0. The summed E-state index contributed by atoms with van der Waals surface area (Å²) in [6.45, 7) is 16.3. The van der Waals surface area contributed by atoms with E-state index in [0.29, 0.717) is 12.8 Å². The molecule has 0 aromatic carbocycles. The molecule has 8 nitrogen and oxygen atoms in total. The second kappa shape index (κ2) is 13.8. The van der Waals surface area contributed by atoms with E-state index in [1.165, 1.54) is 14.2 Å². The van der Waals surface area contributed by atoms with Crippen LogP contribution in [0.15, 0.2) is 37.4 Å². The molecule has 3 aromatic rings. The molecular weight excluding hydrogens is 577 g/mol. The maximum atomic E-state index is 12.2. The van der Waals surface area contributed by atoms with Gasteiger partial charge in [0, 0.05) is 46.0 Å². The fourth-order valence-electron chi connectivity index (χ4n) is 5.96. The van der Waals surface area contributed by atoms with E-state index in [2.05, 4.69) is 43.0 Å². The van der Waals surface area contributed by atoms with E-state index in [-0.39, 0.29) is 47.8 Å². The zero-order valence-electron chi connectivity index (χ0n) is 26.9. The van der Waals surface area contributed by atoms with Gasteiger partial charge in [-0.3, -0.25) is 9.59 Å². The Labute approximate surface area is 279 Å². The van der Waals surface area contributed by atoms with Crippen molar-refractivity contribution in [3.63, 3.8) is 0 Å². The van der Waals surface area contributed by atoms with Crippen LogP contribution >= 0.6 is 0 Å². The Bertz CT molecular complexity index is 1960. The molecule has 226 valence electrons. The average molecular weight is 615 g/mol. The number of fused-ring (bicyclic) bond motifs is 8. The number of allylic oxidation sites excluding steroid dienone is 4. The van der Waals surface area contributed by atoms with Gasteiger partial charge >= 0.3 is 35.0 Å². The van der Waals surface area contributed by atoms with Gasteiger partial charge < -0.3 is 19.4 Å². The van der Waals surface area contributed by atoms with Gasteiger partial charge in [-0.25, -0.2) is 9.97 Å². The average Bonchev–Trinajstić information content (AvgIpc) is 3.67. The number of hydrogen-bond donors (Lipinski definition) is 2. The van der Waals surface area contributed by atoms with Crippen molar-refractivity contribution in [1.29, 1.82) is 0 Å². The first-order chi connectivity index (χ1) is 21.1. The van der Waals surface area contributed by atoms with Gasteiger partial charge in [-0.15, -0.1) is 0 Å². The number of aromatic amines is 2. The molecule has 0 spiro atoms. The van der Waals surface area contributed by atoms with Crippen LogP contribution in [0.1, 0.15) is 84.6 Å². The van der Waals surface area contributed by atoms with E-state index >= 15 is 0 Å². The van der Waals surface area contributed by atoms with Crippen LogP contribution in [-0.4, -0.2) is 69.1 Å². The third kappa shape index (κ3) is 6.46. The Kier molecular flexibility index (Phi) is 10.3. The summed E-state index contributed by atoms with van der Waals surface area (Å²) in [5, 5.41) is 0. The maximum Gasteiger partial charge on any atom is 2.00 e. The number of carbonyl (C=O) groups is 2. The van der Waals surface area contributed by atoms with Crippen LogP contribution in [0.2, 0.25) is 0 Å². The molecule has 0 saturated heterocycles. The fourth-order valence-corrected chi connectivity index (χ4v) is 5.96. The van der Waals surface area contributed by atoms with Gasteiger partial charge in [-0.1, -0.05) is 25.3 Å². The molecule has 0 atom stereocenters. The van der Waals surface area contributed by atoms with E-state index in [1.54, 1.807) is 0 Å². The van der Waals surface area contributed by atoms with Gasteiger partial charge in [0.25, 0.3) is 0 Å². The van der Waals surface area contributed by atoms with Crippen LogP contribution in [0.5, 0.6) is 0 Å². The number of nitrogens with one attached hydrogen (secondary N) is 2. The van der Waals surface area contributed by atoms with Crippen LogP contribution in [-0.2, 0) is 19.1 Å². The van der Waals surface area contributed by atoms with Crippen molar-refractivity contribution in [3.8, 4) is 0 Å². The Morgan fingerprint density at radius 1 is 0.667 bits per heavy atom. The topological polar surface area (TPSA) is 110 Å². The summed E-state index contributed by atoms with van der Waals surface area (Å²) in [4.78, 5) is 41.6. The summed E-state index contributed by atoms with van der Waals surface area (Å²) in [5.74, 6) is -0.570. The monoisotopic (exact) mass is 614 g/mol. The molecule has 2 aliphatic heterocycles. The first kappa shape index (κ1) is 33.7. The predicted molar refractivity (Wildman–Crippen MR) is 184 cm³/mol. The Hall–Kier alpha value is -4.21. The van der Waals surface area contributed by atoms with E-state index in [1.807, 2.05) is 44.2 Å². The molecule has 5 heterocycles. The third-order valence-corrected chi connectivity index (χ3v) is 8.66. The van der Waals surface area contributed by atoms with Gasteiger partial charge in [-0.2, -0.15) is 0 Å². The zero-order chi connectivity index (χ0) is 31.7. The second-order valence-electron chi connectivity index (χ2n) is 11.1. The number of H-pyrrole nitrogens is 2. The summed E-state index contributed by atoms with van der Waals surface area (Å²) in [7, 11) is 2.79. The molecule has 9 heteroatoms. The number of hydrogen-bond acceptors (Lipinski definition) is 6. The van der Waals surface area contributed by atoms with Crippen molar-refractivity contribution >= 4 is 91.5 Å². The molecule has 5 rings (SSSR count). The van der Waals surface area contributed by atoms with Gasteiger partial charge in [0.2, 0.25) is 0 Å². The summed E-state index contributed by atoms with van der Waals surface area (Å²) < 4.78 is 9.88. The van der Waals surface area contributed by atoms with Crippen molar-refractivity contribution in [3.05, 3.63) is 82.5 Å². The third-order valence-electron chi connectivity index (χ3n) is 8.66. The standard InChI is InChI=1S/C36H38N4O4.Mg/c1-9-23-19(3)27-15-28-21(5)25(11-13-35(41)43-7)33(39-28)18-34-26(12-14-36(42)44-8)22(6)30(40-34)17-32-24(10-2)20(4)29(38-32)16-31(23)37-27;/h9-10,15-18,37-38H,1-2,11-14H2,3-8H3;/q;+2. The molecule has 8 bridgehead atoms. The largest absolute Gasteiger partial charge is 2.00 e. The molecule has 45 heavy (non-hydrogen) atoms. The number of methoxy groups -OCH3 is 2. The van der Waals surface area contributed by atoms with Crippen LogP contribution in [0.3, 0.4) is 0 Å². The van der Waals surface area contributed by atoms with E-state index in [9.17, 15) is 9.59 Å². The van der Waals surface area contributed by atoms with Crippen molar-refractivity contribution in [2.24, 2.45) is 0 Å². The van der Waals surface area contributed by atoms with Crippen molar-refractivity contribution in [2.75, 3.05) is 14.2 Å². The van der Waals surface area contributed by atoms with Crippen molar-refractivity contribution < 1.29 is 19.1 Å². The van der Waals surface area contributed by atoms with E-state index < -0.39 is 0 Å². The van der Waals surface area contributed by atoms with Crippen LogP contribution < -0.4 is 0 Å². The summed E-state index contributed by atoms with van der Waals surface area (Å²) in [6.07, 6.45) is 5.10. The number of esters is 2. The van der Waals surface area contributed by atoms with Gasteiger partial charge in [0.05, 0.1) is 37.0 Å². The Morgan fingerprint density at radius 3 is 1.49 bits per heavy atom. The number of rotatable bonds is 8. The molecule has 2 aliphatic rings. The van der Waals surface area contributed by atoms with Crippen molar-refractivity contribution in [1.82, 2.24) is 19.9 Å². The molecule has 3 aromatic heterocycles. The molecule has 0 radical (unpaired) electrons. The van der Waals surface area contributed by atoms with Gasteiger partial charge in [0.15, 0.2) is 0 Å². The molecular formula is C36H38MgN4O4+2. The normalized spacial score (nSPS) is 12.6. The summed E-state index contributed by atoms with van der Waals surface area (Å²) >= 11 is 0. The minimum atomic E-state index is -0.285. The fraction of sp³-hybridized carbons (Fsp3) is 0.278. The number of aromatic nitrogens is 4. The van der Waals surface area contributed by atoms with E-state index in [4.69, 9.17) is 19.4 Å². The first-order valence-electron chi connectivity index (χ1n) is 14.6.